The van der Waals surface area contributed by atoms with Crippen LogP contribution in [0.15, 0.2) is 0 Å². The standard InChI is InChI=1S/C13H24F4O2/c1-3-5-6-10(4-2)7-11(18)8-19-9-13(16,17)12(14)15/h10-12,18H,3-9H2,1-2H3. The van der Waals surface area contributed by atoms with Crippen molar-refractivity contribution in [1.82, 2.24) is 0 Å². The first kappa shape index (κ1) is 18.6. The van der Waals surface area contributed by atoms with Crippen LogP contribution in [0.3, 0.4) is 0 Å². The first-order chi connectivity index (χ1) is 8.83. The van der Waals surface area contributed by atoms with Gasteiger partial charge in [-0.2, -0.15) is 8.78 Å². The predicted octanol–water partition coefficient (Wildman–Crippen LogP) is 3.87. The fourth-order valence-corrected chi connectivity index (χ4v) is 1.83. The van der Waals surface area contributed by atoms with Gasteiger partial charge in [-0.25, -0.2) is 8.78 Å². The van der Waals surface area contributed by atoms with Crippen molar-refractivity contribution in [3.05, 3.63) is 0 Å². The Labute approximate surface area is 112 Å². The van der Waals surface area contributed by atoms with Crippen LogP contribution < -0.4 is 0 Å². The summed E-state index contributed by atoms with van der Waals surface area (Å²) < 4.78 is 53.3. The number of halogens is 4. The molecule has 0 amide bonds. The fraction of sp³-hybridized carbons (Fsp3) is 1.00. The summed E-state index contributed by atoms with van der Waals surface area (Å²) >= 11 is 0. The molecule has 0 aromatic carbocycles. The van der Waals surface area contributed by atoms with Gasteiger partial charge in [0, 0.05) is 0 Å². The molecule has 0 fully saturated rings. The smallest absolute Gasteiger partial charge is 0.330 e. The topological polar surface area (TPSA) is 29.5 Å². The summed E-state index contributed by atoms with van der Waals surface area (Å²) in [5.74, 6) is -3.83. The number of unbranched alkanes of at least 4 members (excludes halogenated alkanes) is 1. The number of hydrogen-bond donors (Lipinski definition) is 1. The van der Waals surface area contributed by atoms with Gasteiger partial charge >= 0.3 is 12.3 Å². The van der Waals surface area contributed by atoms with Gasteiger partial charge in [0.2, 0.25) is 0 Å². The van der Waals surface area contributed by atoms with Crippen molar-refractivity contribution in [2.45, 2.75) is 64.4 Å². The molecule has 0 heterocycles. The molecule has 0 radical (unpaired) electrons. The second-order valence-electron chi connectivity index (χ2n) is 4.88. The molecule has 1 N–H and O–H groups in total. The molecule has 116 valence electrons. The minimum Gasteiger partial charge on any atom is -0.391 e. The molecular formula is C13H24F4O2. The lowest BCUT2D eigenvalue weighted by Gasteiger charge is -2.20. The van der Waals surface area contributed by atoms with E-state index < -0.39 is 25.1 Å². The van der Waals surface area contributed by atoms with Crippen molar-refractivity contribution >= 4 is 0 Å². The normalized spacial score (nSPS) is 15.8. The maximum atomic E-state index is 12.5. The zero-order valence-electron chi connectivity index (χ0n) is 11.5. The van der Waals surface area contributed by atoms with Crippen LogP contribution in [0.1, 0.15) is 46.0 Å². The lowest BCUT2D eigenvalue weighted by atomic mass is 9.93. The first-order valence-corrected chi connectivity index (χ1v) is 6.75. The summed E-state index contributed by atoms with van der Waals surface area (Å²) in [5, 5.41) is 9.63. The minimum absolute atomic E-state index is 0.314. The number of alkyl halides is 4. The van der Waals surface area contributed by atoms with Crippen molar-refractivity contribution in [2.24, 2.45) is 5.92 Å². The Balaban J connectivity index is 3.88. The van der Waals surface area contributed by atoms with Crippen molar-refractivity contribution in [3.8, 4) is 0 Å². The van der Waals surface area contributed by atoms with E-state index in [1.165, 1.54) is 0 Å². The van der Waals surface area contributed by atoms with Crippen LogP contribution in [-0.2, 0) is 4.74 Å². The molecule has 0 aliphatic carbocycles. The number of aliphatic hydroxyl groups is 1. The van der Waals surface area contributed by atoms with Crippen LogP contribution in [-0.4, -0.2) is 36.8 Å². The third-order valence-electron chi connectivity index (χ3n) is 3.07. The summed E-state index contributed by atoms with van der Waals surface area (Å²) in [5.41, 5.74) is 0. The Morgan fingerprint density at radius 2 is 1.84 bits per heavy atom. The van der Waals surface area contributed by atoms with Crippen molar-refractivity contribution < 1.29 is 27.4 Å². The van der Waals surface area contributed by atoms with Crippen LogP contribution in [0.4, 0.5) is 17.6 Å². The molecule has 2 unspecified atom stereocenters. The van der Waals surface area contributed by atoms with Gasteiger partial charge in [-0.3, -0.25) is 0 Å². The second kappa shape index (κ2) is 9.53. The Hall–Kier alpha value is -0.360. The zero-order valence-corrected chi connectivity index (χ0v) is 11.5. The predicted molar refractivity (Wildman–Crippen MR) is 65.7 cm³/mol. The Kier molecular flexibility index (Phi) is 9.35. The van der Waals surface area contributed by atoms with Crippen molar-refractivity contribution in [1.29, 1.82) is 0 Å². The van der Waals surface area contributed by atoms with Gasteiger partial charge in [0.25, 0.3) is 0 Å². The number of hydrogen-bond acceptors (Lipinski definition) is 2. The molecule has 0 spiro atoms. The second-order valence-corrected chi connectivity index (χ2v) is 4.88. The molecule has 2 atom stereocenters. The summed E-state index contributed by atoms with van der Waals surface area (Å²) in [7, 11) is 0. The number of ether oxygens (including phenoxy) is 1. The molecule has 0 aromatic rings. The maximum absolute atomic E-state index is 12.5. The summed E-state index contributed by atoms with van der Waals surface area (Å²) in [6, 6.07) is 0. The molecular weight excluding hydrogens is 264 g/mol. The van der Waals surface area contributed by atoms with Gasteiger partial charge in [0.1, 0.15) is 6.61 Å². The molecule has 0 aromatic heterocycles. The Bertz CT molecular complexity index is 225. The average molecular weight is 288 g/mol. The van der Waals surface area contributed by atoms with Crippen molar-refractivity contribution in [3.63, 3.8) is 0 Å². The third-order valence-corrected chi connectivity index (χ3v) is 3.07. The van der Waals surface area contributed by atoms with Crippen molar-refractivity contribution in [2.75, 3.05) is 13.2 Å². The Morgan fingerprint density at radius 1 is 1.21 bits per heavy atom. The minimum atomic E-state index is -4.15. The largest absolute Gasteiger partial charge is 0.391 e. The molecule has 0 aliphatic heterocycles. The van der Waals surface area contributed by atoms with E-state index in [0.29, 0.717) is 12.3 Å². The monoisotopic (exact) mass is 288 g/mol. The van der Waals surface area contributed by atoms with E-state index in [-0.39, 0.29) is 6.61 Å². The van der Waals surface area contributed by atoms with E-state index in [4.69, 9.17) is 0 Å². The molecule has 0 saturated carbocycles. The highest BCUT2D eigenvalue weighted by Gasteiger charge is 2.41. The third kappa shape index (κ3) is 8.42. The lowest BCUT2D eigenvalue weighted by Crippen LogP contribution is -2.34. The highest BCUT2D eigenvalue weighted by atomic mass is 19.3. The molecule has 0 saturated heterocycles. The van der Waals surface area contributed by atoms with Crippen LogP contribution in [0.2, 0.25) is 0 Å². The van der Waals surface area contributed by atoms with E-state index in [9.17, 15) is 22.7 Å². The van der Waals surface area contributed by atoms with E-state index in [1.54, 1.807) is 0 Å². The van der Waals surface area contributed by atoms with Gasteiger partial charge in [0.05, 0.1) is 12.7 Å². The van der Waals surface area contributed by atoms with Gasteiger partial charge < -0.3 is 9.84 Å². The van der Waals surface area contributed by atoms with Crippen LogP contribution in [0, 0.1) is 5.92 Å². The quantitative estimate of drug-likeness (QED) is 0.585. The zero-order chi connectivity index (χ0) is 14.9. The molecule has 6 heteroatoms. The molecule has 0 bridgehead atoms. The average Bonchev–Trinajstić information content (AvgIpc) is 2.33. The summed E-state index contributed by atoms with van der Waals surface area (Å²) in [6.45, 7) is 2.38. The van der Waals surface area contributed by atoms with Gasteiger partial charge in [0.15, 0.2) is 0 Å². The molecule has 0 rings (SSSR count). The highest BCUT2D eigenvalue weighted by Crippen LogP contribution is 2.23. The van der Waals surface area contributed by atoms with E-state index in [0.717, 1.165) is 25.7 Å². The lowest BCUT2D eigenvalue weighted by molar-refractivity contribution is -0.171. The fourth-order valence-electron chi connectivity index (χ4n) is 1.83. The first-order valence-electron chi connectivity index (χ1n) is 6.75. The van der Waals surface area contributed by atoms with Gasteiger partial charge in [-0.05, 0) is 12.3 Å². The molecule has 19 heavy (non-hydrogen) atoms. The van der Waals surface area contributed by atoms with Crippen LogP contribution >= 0.6 is 0 Å². The number of aliphatic hydroxyl groups excluding tert-OH is 1. The van der Waals surface area contributed by atoms with Crippen LogP contribution in [0.25, 0.3) is 0 Å². The van der Waals surface area contributed by atoms with Gasteiger partial charge in [-0.15, -0.1) is 0 Å². The van der Waals surface area contributed by atoms with E-state index >= 15 is 0 Å². The number of rotatable bonds is 11. The van der Waals surface area contributed by atoms with E-state index in [1.807, 2.05) is 6.92 Å². The maximum Gasteiger partial charge on any atom is 0.330 e. The summed E-state index contributed by atoms with van der Waals surface area (Å²) in [4.78, 5) is 0. The highest BCUT2D eigenvalue weighted by molar-refractivity contribution is 4.69. The van der Waals surface area contributed by atoms with E-state index in [2.05, 4.69) is 11.7 Å². The summed E-state index contributed by atoms with van der Waals surface area (Å²) in [6.07, 6.45) is -0.190. The molecule has 0 aliphatic rings. The molecule has 2 nitrogen and oxygen atoms in total. The van der Waals surface area contributed by atoms with Crippen LogP contribution in [0.5, 0.6) is 0 Å². The SMILES string of the molecule is CCCCC(CC)CC(O)COCC(F)(F)C(F)F. The van der Waals surface area contributed by atoms with Gasteiger partial charge in [-0.1, -0.05) is 39.5 Å². The Morgan fingerprint density at radius 3 is 2.32 bits per heavy atom.